The Bertz CT molecular complexity index is 803. The molecular weight excluding hydrogens is 369 g/mol. The molecule has 4 N–H and O–H groups in total. The van der Waals surface area contributed by atoms with Crippen molar-refractivity contribution in [3.63, 3.8) is 0 Å². The normalized spacial score (nSPS) is 18.3. The molecule has 1 saturated heterocycles. The van der Waals surface area contributed by atoms with Crippen LogP contribution in [0.3, 0.4) is 0 Å². The fraction of sp³-hybridized carbons (Fsp3) is 0.412. The van der Waals surface area contributed by atoms with Crippen LogP contribution in [0.1, 0.15) is 29.7 Å². The molecule has 0 spiro atoms. The number of nitrogens with zero attached hydrogens (tertiary/aromatic N) is 2. The first-order chi connectivity index (χ1) is 12.7. The third-order valence-electron chi connectivity index (χ3n) is 4.32. The number of para-hydroxylation sites is 1. The number of piperidine rings is 1. The quantitative estimate of drug-likeness (QED) is 0.554. The fourth-order valence-electron chi connectivity index (χ4n) is 2.97. The molecule has 1 aromatic heterocycles. The number of benzene rings is 1. The largest absolute Gasteiger partial charge is 0.419 e. The highest BCUT2D eigenvalue weighted by Crippen LogP contribution is 2.43. The zero-order chi connectivity index (χ0) is 19.7. The number of halogens is 5. The highest BCUT2D eigenvalue weighted by atomic mass is 19.4. The standard InChI is InChI=1S/C17H18F5N5/c18-16(19,11-5-1-2-6-13(11)23)14-12(17(20,21)22)9-25-15(27-14)26-10-4-3-7-24-8-10/h1-2,5-6,9-10,24H,3-4,7-8,23H2,(H,25,26,27). The van der Waals surface area contributed by atoms with Crippen LogP contribution >= 0.6 is 0 Å². The predicted molar refractivity (Wildman–Crippen MR) is 90.4 cm³/mol. The molecule has 146 valence electrons. The van der Waals surface area contributed by atoms with Gasteiger partial charge in [-0.2, -0.15) is 22.0 Å². The molecule has 27 heavy (non-hydrogen) atoms. The third-order valence-corrected chi connectivity index (χ3v) is 4.32. The van der Waals surface area contributed by atoms with Crippen molar-refractivity contribution in [3.8, 4) is 0 Å². The summed E-state index contributed by atoms with van der Waals surface area (Å²) in [7, 11) is 0. The summed E-state index contributed by atoms with van der Waals surface area (Å²) in [6, 6.07) is 4.72. The zero-order valence-electron chi connectivity index (χ0n) is 14.2. The van der Waals surface area contributed by atoms with Gasteiger partial charge in [0.05, 0.1) is 5.56 Å². The first-order valence-electron chi connectivity index (χ1n) is 8.34. The highest BCUT2D eigenvalue weighted by molar-refractivity contribution is 5.52. The molecule has 0 amide bonds. The van der Waals surface area contributed by atoms with Crippen LogP contribution in [0, 0.1) is 0 Å². The minimum atomic E-state index is -5.03. The van der Waals surface area contributed by atoms with Crippen molar-refractivity contribution in [1.82, 2.24) is 15.3 Å². The molecule has 10 heteroatoms. The lowest BCUT2D eigenvalue weighted by Gasteiger charge is -2.25. The number of nitrogen functional groups attached to an aromatic ring is 1. The van der Waals surface area contributed by atoms with E-state index in [9.17, 15) is 22.0 Å². The average molecular weight is 387 g/mol. The van der Waals surface area contributed by atoms with Crippen LogP contribution in [0.15, 0.2) is 30.5 Å². The van der Waals surface area contributed by atoms with Crippen LogP contribution in [-0.2, 0) is 12.1 Å². The van der Waals surface area contributed by atoms with Gasteiger partial charge >= 0.3 is 12.1 Å². The lowest BCUT2D eigenvalue weighted by Crippen LogP contribution is -2.39. The van der Waals surface area contributed by atoms with Crippen LogP contribution in [0.25, 0.3) is 0 Å². The molecule has 0 bridgehead atoms. The number of aromatic nitrogens is 2. The van der Waals surface area contributed by atoms with Crippen molar-refractivity contribution >= 4 is 11.6 Å². The van der Waals surface area contributed by atoms with Gasteiger partial charge in [-0.05, 0) is 25.5 Å². The Hall–Kier alpha value is -2.49. The second kappa shape index (κ2) is 7.26. The maximum atomic E-state index is 15.0. The van der Waals surface area contributed by atoms with Crippen molar-refractivity contribution < 1.29 is 22.0 Å². The summed E-state index contributed by atoms with van der Waals surface area (Å²) in [5.41, 5.74) is 1.49. The van der Waals surface area contributed by atoms with E-state index in [2.05, 4.69) is 20.6 Å². The molecule has 1 unspecified atom stereocenters. The Morgan fingerprint density at radius 3 is 2.48 bits per heavy atom. The second-order valence-electron chi connectivity index (χ2n) is 6.30. The summed E-state index contributed by atoms with van der Waals surface area (Å²) in [5.74, 6) is -4.32. The molecule has 2 heterocycles. The van der Waals surface area contributed by atoms with Crippen molar-refractivity contribution in [3.05, 3.63) is 47.3 Å². The Balaban J connectivity index is 2.04. The van der Waals surface area contributed by atoms with Gasteiger partial charge < -0.3 is 16.4 Å². The fourth-order valence-corrected chi connectivity index (χ4v) is 2.97. The van der Waals surface area contributed by atoms with Gasteiger partial charge in [-0.15, -0.1) is 0 Å². The maximum absolute atomic E-state index is 15.0. The number of nitrogens with one attached hydrogen (secondary N) is 2. The Kier molecular flexibility index (Phi) is 5.18. The smallest absolute Gasteiger partial charge is 0.398 e. The summed E-state index contributed by atoms with van der Waals surface area (Å²) < 4.78 is 69.9. The van der Waals surface area contributed by atoms with Gasteiger partial charge in [0.15, 0.2) is 0 Å². The van der Waals surface area contributed by atoms with Crippen molar-refractivity contribution in [2.75, 3.05) is 24.1 Å². The van der Waals surface area contributed by atoms with E-state index in [4.69, 9.17) is 5.73 Å². The van der Waals surface area contributed by atoms with Gasteiger partial charge in [-0.1, -0.05) is 18.2 Å². The topological polar surface area (TPSA) is 75.9 Å². The highest BCUT2D eigenvalue weighted by Gasteiger charge is 2.47. The minimum absolute atomic E-state index is 0.154. The Labute approximate surface area is 152 Å². The van der Waals surface area contributed by atoms with Gasteiger partial charge in [0.1, 0.15) is 11.3 Å². The first-order valence-corrected chi connectivity index (χ1v) is 8.34. The van der Waals surface area contributed by atoms with Gasteiger partial charge in [0, 0.05) is 24.5 Å². The molecule has 5 nitrogen and oxygen atoms in total. The molecule has 3 rings (SSSR count). The predicted octanol–water partition coefficient (Wildman–Crippen LogP) is 3.38. The molecule has 1 fully saturated rings. The summed E-state index contributed by atoms with van der Waals surface area (Å²) >= 11 is 0. The van der Waals surface area contributed by atoms with Gasteiger partial charge in [0.25, 0.3) is 0 Å². The van der Waals surface area contributed by atoms with E-state index >= 15 is 0 Å². The zero-order valence-corrected chi connectivity index (χ0v) is 14.2. The van der Waals surface area contributed by atoms with E-state index in [1.165, 1.54) is 18.2 Å². The molecule has 0 radical (unpaired) electrons. The van der Waals surface area contributed by atoms with E-state index in [1.807, 2.05) is 0 Å². The number of rotatable bonds is 4. The minimum Gasteiger partial charge on any atom is -0.398 e. The monoisotopic (exact) mass is 387 g/mol. The van der Waals surface area contributed by atoms with Crippen molar-refractivity contribution in [2.45, 2.75) is 31.0 Å². The lowest BCUT2D eigenvalue weighted by atomic mass is 10.00. The molecule has 1 aromatic carbocycles. The molecule has 1 aliphatic rings. The molecule has 1 atom stereocenters. The van der Waals surface area contributed by atoms with E-state index in [1.54, 1.807) is 0 Å². The molecule has 2 aromatic rings. The number of anilines is 2. The van der Waals surface area contributed by atoms with Crippen LogP contribution in [-0.4, -0.2) is 29.1 Å². The molecular formula is C17H18F5N5. The van der Waals surface area contributed by atoms with Crippen molar-refractivity contribution in [1.29, 1.82) is 0 Å². The van der Waals surface area contributed by atoms with E-state index < -0.39 is 28.9 Å². The molecule has 0 aliphatic carbocycles. The summed E-state index contributed by atoms with van der Waals surface area (Å²) in [4.78, 5) is 7.14. The number of nitrogens with two attached hydrogens (primary N) is 1. The van der Waals surface area contributed by atoms with Crippen molar-refractivity contribution in [2.24, 2.45) is 0 Å². The van der Waals surface area contributed by atoms with Gasteiger partial charge in [0.2, 0.25) is 5.95 Å². The number of alkyl halides is 5. The van der Waals surface area contributed by atoms with E-state index in [0.29, 0.717) is 12.7 Å². The average Bonchev–Trinajstić information content (AvgIpc) is 2.62. The third kappa shape index (κ3) is 4.10. The van der Waals surface area contributed by atoms with Gasteiger partial charge in [-0.3, -0.25) is 0 Å². The summed E-state index contributed by atoms with van der Waals surface area (Å²) in [5, 5.41) is 5.93. The van der Waals surface area contributed by atoms with Gasteiger partial charge in [-0.25, -0.2) is 9.97 Å². The summed E-state index contributed by atoms with van der Waals surface area (Å²) in [6.45, 7) is 1.37. The first kappa shape index (κ1) is 19.3. The van der Waals surface area contributed by atoms with Crippen LogP contribution in [0.2, 0.25) is 0 Å². The summed E-state index contributed by atoms with van der Waals surface area (Å²) in [6.07, 6.45) is -3.07. The van der Waals surface area contributed by atoms with E-state index in [0.717, 1.165) is 25.5 Å². The molecule has 1 aliphatic heterocycles. The van der Waals surface area contributed by atoms with Crippen LogP contribution in [0.5, 0.6) is 0 Å². The maximum Gasteiger partial charge on any atom is 0.419 e. The molecule has 0 saturated carbocycles. The second-order valence-corrected chi connectivity index (χ2v) is 6.30. The van der Waals surface area contributed by atoms with Crippen LogP contribution in [0.4, 0.5) is 33.6 Å². The van der Waals surface area contributed by atoms with E-state index in [-0.39, 0.29) is 17.7 Å². The Morgan fingerprint density at radius 2 is 1.85 bits per heavy atom. The number of hydrogen-bond donors (Lipinski definition) is 3. The number of hydrogen-bond acceptors (Lipinski definition) is 5. The Morgan fingerprint density at radius 1 is 1.11 bits per heavy atom. The SMILES string of the molecule is Nc1ccccc1C(F)(F)c1nc(NC2CCCNC2)ncc1C(F)(F)F. The van der Waals surface area contributed by atoms with Crippen LogP contribution < -0.4 is 16.4 Å². The lowest BCUT2D eigenvalue weighted by molar-refractivity contribution is -0.141.